The van der Waals surface area contributed by atoms with E-state index in [0.717, 1.165) is 18.2 Å². The van der Waals surface area contributed by atoms with Gasteiger partial charge in [-0.05, 0) is 32.6 Å². The molecular weight excluding hydrogens is 190 g/mol. The van der Waals surface area contributed by atoms with Crippen LogP contribution in [0.4, 0.5) is 0 Å². The zero-order valence-corrected chi connectivity index (χ0v) is 9.49. The second-order valence-corrected chi connectivity index (χ2v) is 5.09. The zero-order valence-electron chi connectivity index (χ0n) is 9.49. The van der Waals surface area contributed by atoms with Crippen molar-refractivity contribution in [2.75, 3.05) is 0 Å². The van der Waals surface area contributed by atoms with Gasteiger partial charge in [0.25, 0.3) is 0 Å². The Balaban J connectivity index is 2.00. The Hall–Kier alpha value is -0.900. The van der Waals surface area contributed by atoms with Crippen LogP contribution >= 0.6 is 0 Å². The van der Waals surface area contributed by atoms with Crippen LogP contribution in [-0.2, 0) is 12.0 Å². The van der Waals surface area contributed by atoms with Crippen LogP contribution in [-0.4, -0.2) is 10.1 Å². The zero-order chi connectivity index (χ0) is 10.9. The summed E-state index contributed by atoms with van der Waals surface area (Å²) >= 11 is 0. The maximum atomic E-state index is 5.89. The molecule has 2 rings (SSSR count). The van der Waals surface area contributed by atoms with Gasteiger partial charge in [0.15, 0.2) is 5.82 Å². The van der Waals surface area contributed by atoms with Crippen LogP contribution < -0.4 is 5.73 Å². The summed E-state index contributed by atoms with van der Waals surface area (Å²) in [6.07, 6.45) is 6.19. The van der Waals surface area contributed by atoms with Crippen LogP contribution in [0.25, 0.3) is 0 Å². The lowest BCUT2D eigenvalue weighted by molar-refractivity contribution is 0.342. The average Bonchev–Trinajstić information content (AvgIpc) is 2.73. The Labute approximate surface area is 90.2 Å². The smallest absolute Gasteiger partial charge is 0.226 e. The Morgan fingerprint density at radius 2 is 2.07 bits per heavy atom. The molecule has 1 saturated carbocycles. The van der Waals surface area contributed by atoms with Gasteiger partial charge in [-0.3, -0.25) is 0 Å². The molecule has 0 amide bonds. The number of hydrogen-bond donors (Lipinski definition) is 1. The van der Waals surface area contributed by atoms with Gasteiger partial charge in [-0.1, -0.05) is 18.0 Å². The number of rotatable bonds is 3. The molecule has 1 aromatic heterocycles. The lowest BCUT2D eigenvalue weighted by atomic mass is 10.0. The molecule has 1 heterocycles. The number of nitrogens with zero attached hydrogens (tertiary/aromatic N) is 2. The quantitative estimate of drug-likeness (QED) is 0.826. The molecule has 1 aromatic rings. The fraction of sp³-hybridized carbons (Fsp3) is 0.818. The first-order valence-electron chi connectivity index (χ1n) is 5.67. The Morgan fingerprint density at radius 1 is 1.40 bits per heavy atom. The molecule has 15 heavy (non-hydrogen) atoms. The van der Waals surface area contributed by atoms with Crippen molar-refractivity contribution in [3.05, 3.63) is 11.7 Å². The van der Waals surface area contributed by atoms with Crippen LogP contribution in [0.2, 0.25) is 0 Å². The average molecular weight is 209 g/mol. The summed E-state index contributed by atoms with van der Waals surface area (Å²) in [4.78, 5) is 4.34. The second kappa shape index (κ2) is 3.93. The molecular formula is C11H19N3O. The van der Waals surface area contributed by atoms with Crippen LogP contribution in [0.15, 0.2) is 4.52 Å². The summed E-state index contributed by atoms with van der Waals surface area (Å²) < 4.78 is 5.21. The van der Waals surface area contributed by atoms with Gasteiger partial charge in [-0.15, -0.1) is 0 Å². The van der Waals surface area contributed by atoms with E-state index in [9.17, 15) is 0 Å². The molecule has 0 saturated heterocycles. The molecule has 1 aliphatic carbocycles. The maximum Gasteiger partial charge on any atom is 0.226 e. The molecule has 1 aliphatic rings. The van der Waals surface area contributed by atoms with Gasteiger partial charge in [-0.25, -0.2) is 0 Å². The predicted molar refractivity (Wildman–Crippen MR) is 57.2 cm³/mol. The fourth-order valence-corrected chi connectivity index (χ4v) is 2.06. The third-order valence-electron chi connectivity index (χ3n) is 2.98. The molecule has 84 valence electrons. The van der Waals surface area contributed by atoms with E-state index in [2.05, 4.69) is 10.1 Å². The summed E-state index contributed by atoms with van der Waals surface area (Å²) in [5.41, 5.74) is 5.39. The van der Waals surface area contributed by atoms with Crippen LogP contribution in [0.1, 0.15) is 51.2 Å². The van der Waals surface area contributed by atoms with Gasteiger partial charge in [0.2, 0.25) is 5.89 Å². The predicted octanol–water partition coefficient (Wildman–Crippen LogP) is 2.00. The molecule has 4 nitrogen and oxygen atoms in total. The van der Waals surface area contributed by atoms with E-state index in [1.807, 2.05) is 13.8 Å². The highest BCUT2D eigenvalue weighted by molar-refractivity contribution is 4.99. The van der Waals surface area contributed by atoms with Crippen molar-refractivity contribution in [1.82, 2.24) is 10.1 Å². The van der Waals surface area contributed by atoms with Gasteiger partial charge in [0, 0.05) is 6.42 Å². The molecule has 4 heteroatoms. The first-order chi connectivity index (χ1) is 7.05. The fourth-order valence-electron chi connectivity index (χ4n) is 2.06. The molecule has 0 spiro atoms. The van der Waals surface area contributed by atoms with Crippen molar-refractivity contribution in [2.45, 2.75) is 51.5 Å². The highest BCUT2D eigenvalue weighted by atomic mass is 16.5. The normalized spacial score (nSPS) is 18.6. The highest BCUT2D eigenvalue weighted by Gasteiger charge is 2.23. The van der Waals surface area contributed by atoms with Gasteiger partial charge < -0.3 is 10.3 Å². The van der Waals surface area contributed by atoms with Gasteiger partial charge >= 0.3 is 0 Å². The van der Waals surface area contributed by atoms with E-state index in [-0.39, 0.29) is 0 Å². The van der Waals surface area contributed by atoms with Crippen molar-refractivity contribution in [3.63, 3.8) is 0 Å². The summed E-state index contributed by atoms with van der Waals surface area (Å²) in [5.74, 6) is 2.09. The highest BCUT2D eigenvalue weighted by Crippen LogP contribution is 2.27. The van der Waals surface area contributed by atoms with Crippen LogP contribution in [0.5, 0.6) is 0 Å². The van der Waals surface area contributed by atoms with Gasteiger partial charge in [-0.2, -0.15) is 4.98 Å². The molecule has 0 atom stereocenters. The third-order valence-corrected chi connectivity index (χ3v) is 2.98. The van der Waals surface area contributed by atoms with Crippen molar-refractivity contribution >= 4 is 0 Å². The minimum absolute atomic E-state index is 0.503. The van der Waals surface area contributed by atoms with Crippen molar-refractivity contribution in [3.8, 4) is 0 Å². The molecule has 2 N–H and O–H groups in total. The molecule has 0 radical (unpaired) electrons. The molecule has 1 fully saturated rings. The minimum atomic E-state index is -0.503. The monoisotopic (exact) mass is 209 g/mol. The topological polar surface area (TPSA) is 64.9 Å². The SMILES string of the molecule is CC(C)(N)c1noc(CC2CCCC2)n1. The summed E-state index contributed by atoms with van der Waals surface area (Å²) in [5, 5.41) is 3.92. The van der Waals surface area contributed by atoms with Crippen molar-refractivity contribution in [2.24, 2.45) is 11.7 Å². The molecule has 0 aliphatic heterocycles. The Morgan fingerprint density at radius 3 is 2.60 bits per heavy atom. The third kappa shape index (κ3) is 2.56. The van der Waals surface area contributed by atoms with E-state index in [1.165, 1.54) is 25.7 Å². The lowest BCUT2D eigenvalue weighted by Gasteiger charge is -2.11. The first-order valence-corrected chi connectivity index (χ1v) is 5.67. The van der Waals surface area contributed by atoms with Crippen molar-refractivity contribution in [1.29, 1.82) is 0 Å². The number of hydrogen-bond acceptors (Lipinski definition) is 4. The Kier molecular flexibility index (Phi) is 2.78. The molecule has 0 unspecified atom stereocenters. The van der Waals surface area contributed by atoms with Crippen LogP contribution in [0.3, 0.4) is 0 Å². The van der Waals surface area contributed by atoms with Gasteiger partial charge in [0.1, 0.15) is 0 Å². The number of nitrogens with two attached hydrogens (primary N) is 1. The minimum Gasteiger partial charge on any atom is -0.339 e. The first kappa shape index (κ1) is 10.6. The van der Waals surface area contributed by atoms with Gasteiger partial charge in [0.05, 0.1) is 5.54 Å². The summed E-state index contributed by atoms with van der Waals surface area (Å²) in [6, 6.07) is 0. The Bertz CT molecular complexity index is 321. The van der Waals surface area contributed by atoms with E-state index in [1.54, 1.807) is 0 Å². The van der Waals surface area contributed by atoms with Crippen LogP contribution in [0, 0.1) is 5.92 Å². The summed E-state index contributed by atoms with van der Waals surface area (Å²) in [6.45, 7) is 3.77. The number of aromatic nitrogens is 2. The standard InChI is InChI=1S/C11H19N3O/c1-11(2,12)10-13-9(15-14-10)7-8-5-3-4-6-8/h8H,3-7,12H2,1-2H3. The van der Waals surface area contributed by atoms with Crippen molar-refractivity contribution < 1.29 is 4.52 Å². The lowest BCUT2D eigenvalue weighted by Crippen LogP contribution is -2.30. The van der Waals surface area contributed by atoms with E-state index in [0.29, 0.717) is 5.82 Å². The van der Waals surface area contributed by atoms with E-state index < -0.39 is 5.54 Å². The molecule has 0 bridgehead atoms. The second-order valence-electron chi connectivity index (χ2n) is 5.09. The van der Waals surface area contributed by atoms with E-state index in [4.69, 9.17) is 10.3 Å². The molecule has 0 aromatic carbocycles. The largest absolute Gasteiger partial charge is 0.339 e. The summed E-state index contributed by atoms with van der Waals surface area (Å²) in [7, 11) is 0. The maximum absolute atomic E-state index is 5.89. The van der Waals surface area contributed by atoms with E-state index >= 15 is 0 Å².